The lowest BCUT2D eigenvalue weighted by Gasteiger charge is -2.17. The number of amides is 2. The first kappa shape index (κ1) is 18.5. The molecule has 2 atom stereocenters. The standard InChI is InChI=1S/C16H23ClN2O3/c1-10(2)8-12(20)9-18-15(21)11(3)19-16(22)13-6-4-5-7-14(13)17/h4-7,10-12,20H,8-9H2,1-3H3,(H,18,21)(H,19,22). The molecule has 3 N–H and O–H groups in total. The lowest BCUT2D eigenvalue weighted by molar-refractivity contribution is -0.123. The summed E-state index contributed by atoms with van der Waals surface area (Å²) in [6.45, 7) is 5.75. The number of aliphatic hydroxyl groups excluding tert-OH is 1. The summed E-state index contributed by atoms with van der Waals surface area (Å²) in [5.74, 6) is -0.400. The van der Waals surface area contributed by atoms with Gasteiger partial charge in [0.1, 0.15) is 6.04 Å². The van der Waals surface area contributed by atoms with Gasteiger partial charge in [0.15, 0.2) is 0 Å². The van der Waals surface area contributed by atoms with E-state index in [1.165, 1.54) is 0 Å². The molecule has 5 nitrogen and oxygen atoms in total. The molecule has 0 fully saturated rings. The molecule has 0 aliphatic carbocycles. The third-order valence-corrected chi connectivity index (χ3v) is 3.44. The zero-order valence-corrected chi connectivity index (χ0v) is 13.9. The second-order valence-electron chi connectivity index (χ2n) is 5.70. The molecule has 0 saturated heterocycles. The van der Waals surface area contributed by atoms with E-state index >= 15 is 0 Å². The summed E-state index contributed by atoms with van der Waals surface area (Å²) in [5.41, 5.74) is 0.323. The Hall–Kier alpha value is -1.59. The van der Waals surface area contributed by atoms with Gasteiger partial charge >= 0.3 is 0 Å². The SMILES string of the molecule is CC(C)CC(O)CNC(=O)C(C)NC(=O)c1ccccc1Cl. The fourth-order valence-electron chi connectivity index (χ4n) is 1.98. The van der Waals surface area contributed by atoms with E-state index in [0.29, 0.717) is 22.9 Å². The van der Waals surface area contributed by atoms with Gasteiger partial charge in [-0.2, -0.15) is 0 Å². The molecule has 0 aliphatic rings. The van der Waals surface area contributed by atoms with Crippen molar-refractivity contribution in [2.45, 2.75) is 39.3 Å². The molecule has 2 amide bonds. The molecular formula is C16H23ClN2O3. The van der Waals surface area contributed by atoms with Gasteiger partial charge in [0.05, 0.1) is 16.7 Å². The zero-order valence-electron chi connectivity index (χ0n) is 13.1. The summed E-state index contributed by atoms with van der Waals surface area (Å²) < 4.78 is 0. The third kappa shape index (κ3) is 6.03. The summed E-state index contributed by atoms with van der Waals surface area (Å²) in [5, 5.41) is 15.3. The molecule has 2 unspecified atom stereocenters. The molecule has 0 aliphatic heterocycles. The molecule has 6 heteroatoms. The normalized spacial score (nSPS) is 13.5. The number of rotatable bonds is 7. The Morgan fingerprint density at radius 2 is 1.86 bits per heavy atom. The van der Waals surface area contributed by atoms with Crippen LogP contribution in [0.1, 0.15) is 37.6 Å². The molecule has 122 valence electrons. The van der Waals surface area contributed by atoms with Crippen molar-refractivity contribution in [1.29, 1.82) is 0 Å². The van der Waals surface area contributed by atoms with Gasteiger partial charge in [0, 0.05) is 6.54 Å². The van der Waals surface area contributed by atoms with Gasteiger partial charge < -0.3 is 15.7 Å². The molecule has 0 radical (unpaired) electrons. The molecule has 1 rings (SSSR count). The van der Waals surface area contributed by atoms with E-state index in [1.54, 1.807) is 31.2 Å². The second-order valence-corrected chi connectivity index (χ2v) is 6.11. The molecule has 0 spiro atoms. The van der Waals surface area contributed by atoms with E-state index in [2.05, 4.69) is 10.6 Å². The third-order valence-electron chi connectivity index (χ3n) is 3.11. The van der Waals surface area contributed by atoms with E-state index < -0.39 is 18.1 Å². The number of halogens is 1. The minimum Gasteiger partial charge on any atom is -0.391 e. The van der Waals surface area contributed by atoms with Gasteiger partial charge in [-0.15, -0.1) is 0 Å². The Kier molecular flexibility index (Phi) is 7.35. The summed E-state index contributed by atoms with van der Waals surface area (Å²) in [7, 11) is 0. The topological polar surface area (TPSA) is 78.4 Å². The van der Waals surface area contributed by atoms with E-state index in [4.69, 9.17) is 11.6 Å². The van der Waals surface area contributed by atoms with Gasteiger partial charge in [-0.1, -0.05) is 37.6 Å². The summed E-state index contributed by atoms with van der Waals surface area (Å²) in [6, 6.07) is 5.92. The minimum atomic E-state index is -0.713. The average Bonchev–Trinajstić information content (AvgIpc) is 2.44. The molecular weight excluding hydrogens is 304 g/mol. The fraction of sp³-hybridized carbons (Fsp3) is 0.500. The molecule has 1 aromatic rings. The van der Waals surface area contributed by atoms with Gasteiger partial charge in [0.25, 0.3) is 5.91 Å². The zero-order chi connectivity index (χ0) is 16.7. The van der Waals surface area contributed by atoms with E-state index in [0.717, 1.165) is 0 Å². The highest BCUT2D eigenvalue weighted by molar-refractivity contribution is 6.33. The lowest BCUT2D eigenvalue weighted by atomic mass is 10.1. The van der Waals surface area contributed by atoms with Crippen LogP contribution in [0.2, 0.25) is 5.02 Å². The molecule has 0 heterocycles. The van der Waals surface area contributed by atoms with Crippen molar-refractivity contribution in [2.24, 2.45) is 5.92 Å². The molecule has 0 saturated carbocycles. The molecule has 1 aromatic carbocycles. The Morgan fingerprint density at radius 3 is 2.45 bits per heavy atom. The maximum atomic E-state index is 12.0. The van der Waals surface area contributed by atoms with Crippen LogP contribution in [-0.2, 0) is 4.79 Å². The van der Waals surface area contributed by atoms with Crippen LogP contribution in [-0.4, -0.2) is 35.6 Å². The first-order valence-electron chi connectivity index (χ1n) is 7.32. The van der Waals surface area contributed by atoms with Crippen molar-refractivity contribution in [3.05, 3.63) is 34.9 Å². The molecule has 0 bridgehead atoms. The minimum absolute atomic E-state index is 0.170. The van der Waals surface area contributed by atoms with Gasteiger partial charge in [-0.25, -0.2) is 0 Å². The maximum absolute atomic E-state index is 12.0. The highest BCUT2D eigenvalue weighted by Gasteiger charge is 2.18. The highest BCUT2D eigenvalue weighted by Crippen LogP contribution is 2.14. The van der Waals surface area contributed by atoms with Crippen LogP contribution in [0.4, 0.5) is 0 Å². The van der Waals surface area contributed by atoms with Crippen LogP contribution in [0.5, 0.6) is 0 Å². The van der Waals surface area contributed by atoms with Gasteiger partial charge in [-0.3, -0.25) is 9.59 Å². The maximum Gasteiger partial charge on any atom is 0.253 e. The Morgan fingerprint density at radius 1 is 1.23 bits per heavy atom. The van der Waals surface area contributed by atoms with E-state index in [-0.39, 0.29) is 12.5 Å². The number of hydrogen-bond acceptors (Lipinski definition) is 3. The van der Waals surface area contributed by atoms with Crippen molar-refractivity contribution in [3.63, 3.8) is 0 Å². The van der Waals surface area contributed by atoms with Crippen LogP contribution >= 0.6 is 11.6 Å². The van der Waals surface area contributed by atoms with Crippen molar-refractivity contribution in [1.82, 2.24) is 10.6 Å². The Balaban J connectivity index is 2.47. The van der Waals surface area contributed by atoms with E-state index in [1.807, 2.05) is 13.8 Å². The van der Waals surface area contributed by atoms with Gasteiger partial charge in [0.2, 0.25) is 5.91 Å². The largest absolute Gasteiger partial charge is 0.391 e. The Bertz CT molecular complexity index is 520. The first-order valence-corrected chi connectivity index (χ1v) is 7.70. The predicted molar refractivity (Wildman–Crippen MR) is 86.9 cm³/mol. The number of carbonyl (C=O) groups excluding carboxylic acids is 2. The van der Waals surface area contributed by atoms with Crippen molar-refractivity contribution >= 4 is 23.4 Å². The van der Waals surface area contributed by atoms with Crippen LogP contribution < -0.4 is 10.6 Å². The van der Waals surface area contributed by atoms with Crippen LogP contribution in [0.25, 0.3) is 0 Å². The number of nitrogens with one attached hydrogen (secondary N) is 2. The summed E-state index contributed by atoms with van der Waals surface area (Å²) in [6.07, 6.45) is 0.0242. The summed E-state index contributed by atoms with van der Waals surface area (Å²) in [4.78, 5) is 24.0. The van der Waals surface area contributed by atoms with E-state index in [9.17, 15) is 14.7 Å². The van der Waals surface area contributed by atoms with Crippen LogP contribution in [0.15, 0.2) is 24.3 Å². The Labute approximate surface area is 136 Å². The second kappa shape index (κ2) is 8.76. The predicted octanol–water partition coefficient (Wildman–Crippen LogP) is 1.98. The average molecular weight is 327 g/mol. The fourth-order valence-corrected chi connectivity index (χ4v) is 2.21. The monoisotopic (exact) mass is 326 g/mol. The van der Waals surface area contributed by atoms with Crippen molar-refractivity contribution in [2.75, 3.05) is 6.54 Å². The smallest absolute Gasteiger partial charge is 0.253 e. The van der Waals surface area contributed by atoms with Gasteiger partial charge in [-0.05, 0) is 31.4 Å². The van der Waals surface area contributed by atoms with Crippen molar-refractivity contribution < 1.29 is 14.7 Å². The van der Waals surface area contributed by atoms with Crippen molar-refractivity contribution in [3.8, 4) is 0 Å². The highest BCUT2D eigenvalue weighted by atomic mass is 35.5. The summed E-state index contributed by atoms with van der Waals surface area (Å²) >= 11 is 5.94. The number of aliphatic hydroxyl groups is 1. The number of benzene rings is 1. The molecule has 0 aromatic heterocycles. The number of hydrogen-bond donors (Lipinski definition) is 3. The van der Waals surface area contributed by atoms with Crippen LogP contribution in [0, 0.1) is 5.92 Å². The lowest BCUT2D eigenvalue weighted by Crippen LogP contribution is -2.46. The number of carbonyl (C=O) groups is 2. The quantitative estimate of drug-likeness (QED) is 0.717. The first-order chi connectivity index (χ1) is 10.3. The van der Waals surface area contributed by atoms with Crippen LogP contribution in [0.3, 0.4) is 0 Å². The molecule has 22 heavy (non-hydrogen) atoms.